The zero-order valence-electron chi connectivity index (χ0n) is 11.2. The summed E-state index contributed by atoms with van der Waals surface area (Å²) in [6.07, 6.45) is 0.204. The summed E-state index contributed by atoms with van der Waals surface area (Å²) in [5.41, 5.74) is 5.35. The number of methoxy groups -OCH3 is 1. The average Bonchev–Trinajstić information content (AvgIpc) is 2.30. The Bertz CT molecular complexity index is 354. The second-order valence-corrected chi connectivity index (χ2v) is 6.49. The summed E-state index contributed by atoms with van der Waals surface area (Å²) in [5, 5.41) is 11.3. The Balaban J connectivity index is 4.66. The maximum Gasteiger partial charge on any atom is 0.216 e. The zero-order chi connectivity index (χ0) is 14.2. The van der Waals surface area contributed by atoms with Crippen molar-refractivity contribution in [2.45, 2.75) is 20.3 Å². The van der Waals surface area contributed by atoms with E-state index in [4.69, 9.17) is 15.7 Å². The van der Waals surface area contributed by atoms with Crippen LogP contribution in [0.5, 0.6) is 0 Å². The van der Waals surface area contributed by atoms with Gasteiger partial charge < -0.3 is 15.7 Å². The van der Waals surface area contributed by atoms with E-state index in [-0.39, 0.29) is 37.1 Å². The van der Waals surface area contributed by atoms with Crippen molar-refractivity contribution in [3.8, 4) is 0 Å². The van der Waals surface area contributed by atoms with Crippen molar-refractivity contribution in [3.05, 3.63) is 0 Å². The van der Waals surface area contributed by atoms with Gasteiger partial charge in [0, 0.05) is 26.6 Å². The Morgan fingerprint density at radius 2 is 2.11 bits per heavy atom. The van der Waals surface area contributed by atoms with E-state index in [0.717, 1.165) is 0 Å². The molecule has 0 unspecified atom stereocenters. The molecule has 8 heteroatoms. The topological polar surface area (TPSA) is 105 Å². The van der Waals surface area contributed by atoms with Crippen molar-refractivity contribution in [3.63, 3.8) is 0 Å². The number of nitrogens with two attached hydrogens (primary N) is 1. The molecule has 0 atom stereocenters. The molecule has 0 aliphatic carbocycles. The Morgan fingerprint density at radius 1 is 1.50 bits per heavy atom. The predicted molar refractivity (Wildman–Crippen MR) is 70.1 cm³/mol. The number of hydrogen-bond acceptors (Lipinski definition) is 5. The molecule has 0 radical (unpaired) electrons. The van der Waals surface area contributed by atoms with Gasteiger partial charge in [0.1, 0.15) is 5.84 Å². The fourth-order valence-electron chi connectivity index (χ4n) is 1.36. The van der Waals surface area contributed by atoms with Crippen molar-refractivity contribution >= 4 is 15.9 Å². The molecule has 7 nitrogen and oxygen atoms in total. The molecular formula is C10H23N3O4S. The minimum absolute atomic E-state index is 0.0192. The lowest BCUT2D eigenvalue weighted by atomic mass is 10.2. The summed E-state index contributed by atoms with van der Waals surface area (Å²) in [4.78, 5) is 0. The molecule has 0 bridgehead atoms. The third-order valence-corrected chi connectivity index (χ3v) is 4.05. The van der Waals surface area contributed by atoms with Crippen LogP contribution in [0, 0.1) is 5.92 Å². The largest absolute Gasteiger partial charge is 0.409 e. The van der Waals surface area contributed by atoms with Crippen LogP contribution in [0.4, 0.5) is 0 Å². The molecule has 0 spiro atoms. The van der Waals surface area contributed by atoms with Crippen LogP contribution in [0.1, 0.15) is 20.3 Å². The van der Waals surface area contributed by atoms with Crippen LogP contribution in [0.25, 0.3) is 0 Å². The number of rotatable bonds is 9. The van der Waals surface area contributed by atoms with Crippen LogP contribution in [-0.2, 0) is 14.8 Å². The zero-order valence-corrected chi connectivity index (χ0v) is 12.0. The number of ether oxygens (including phenoxy) is 1. The van der Waals surface area contributed by atoms with E-state index in [1.165, 1.54) is 11.4 Å². The Morgan fingerprint density at radius 3 is 2.56 bits per heavy atom. The van der Waals surface area contributed by atoms with Crippen molar-refractivity contribution in [2.75, 3.05) is 32.6 Å². The molecule has 108 valence electrons. The van der Waals surface area contributed by atoms with Gasteiger partial charge in [0.15, 0.2) is 0 Å². The van der Waals surface area contributed by atoms with Gasteiger partial charge in [-0.15, -0.1) is 0 Å². The van der Waals surface area contributed by atoms with Gasteiger partial charge in [-0.05, 0) is 5.92 Å². The molecular weight excluding hydrogens is 258 g/mol. The molecule has 0 fully saturated rings. The fraction of sp³-hybridized carbons (Fsp3) is 0.900. The van der Waals surface area contributed by atoms with Gasteiger partial charge in [0.05, 0.1) is 12.4 Å². The lowest BCUT2D eigenvalue weighted by molar-refractivity contribution is 0.215. The van der Waals surface area contributed by atoms with Crippen molar-refractivity contribution < 1.29 is 18.4 Å². The maximum atomic E-state index is 12.0. The molecule has 0 aromatic rings. The van der Waals surface area contributed by atoms with E-state index in [1.807, 2.05) is 13.8 Å². The van der Waals surface area contributed by atoms with E-state index in [0.29, 0.717) is 6.54 Å². The Kier molecular flexibility index (Phi) is 7.88. The Hall–Kier alpha value is -0.860. The normalized spacial score (nSPS) is 13.5. The summed E-state index contributed by atoms with van der Waals surface area (Å²) >= 11 is 0. The van der Waals surface area contributed by atoms with E-state index >= 15 is 0 Å². The van der Waals surface area contributed by atoms with Crippen LogP contribution < -0.4 is 5.73 Å². The number of hydrogen-bond donors (Lipinski definition) is 2. The quantitative estimate of drug-likeness (QED) is 0.269. The summed E-state index contributed by atoms with van der Waals surface area (Å²) in [6, 6.07) is 0. The van der Waals surface area contributed by atoms with Crippen LogP contribution in [0.15, 0.2) is 5.16 Å². The molecule has 0 rings (SSSR count). The van der Waals surface area contributed by atoms with Gasteiger partial charge in [0.25, 0.3) is 0 Å². The first-order valence-corrected chi connectivity index (χ1v) is 7.37. The molecule has 0 saturated carbocycles. The highest BCUT2D eigenvalue weighted by atomic mass is 32.2. The van der Waals surface area contributed by atoms with Gasteiger partial charge >= 0.3 is 0 Å². The second kappa shape index (κ2) is 8.28. The van der Waals surface area contributed by atoms with E-state index in [9.17, 15) is 8.42 Å². The summed E-state index contributed by atoms with van der Waals surface area (Å²) < 4.78 is 30.2. The maximum absolute atomic E-state index is 12.0. The smallest absolute Gasteiger partial charge is 0.216 e. The second-order valence-electron chi connectivity index (χ2n) is 4.40. The molecule has 3 N–H and O–H groups in total. The van der Waals surface area contributed by atoms with Gasteiger partial charge in [0.2, 0.25) is 10.0 Å². The molecule has 0 aromatic carbocycles. The van der Waals surface area contributed by atoms with Crippen LogP contribution >= 0.6 is 0 Å². The summed E-state index contributed by atoms with van der Waals surface area (Å²) in [6.45, 7) is 4.63. The predicted octanol–water partition coefficient (Wildman–Crippen LogP) is 0.0571. The molecule has 18 heavy (non-hydrogen) atoms. The van der Waals surface area contributed by atoms with Gasteiger partial charge in [-0.2, -0.15) is 0 Å². The van der Waals surface area contributed by atoms with Gasteiger partial charge in [-0.1, -0.05) is 19.0 Å². The standard InChI is InChI=1S/C10H23N3O4S/c1-9(2)8-13(5-4-10(11)12-14)18(15,16)7-6-17-3/h9,14H,4-8H2,1-3H3,(H2,11,12). The first-order valence-electron chi connectivity index (χ1n) is 5.76. The van der Waals surface area contributed by atoms with Crippen LogP contribution in [-0.4, -0.2) is 56.3 Å². The number of amidine groups is 1. The summed E-state index contributed by atoms with van der Waals surface area (Å²) in [7, 11) is -1.91. The molecule has 0 heterocycles. The molecule has 0 aliphatic heterocycles. The van der Waals surface area contributed by atoms with Crippen molar-refractivity contribution in [1.29, 1.82) is 0 Å². The monoisotopic (exact) mass is 281 g/mol. The average molecular weight is 281 g/mol. The third kappa shape index (κ3) is 6.77. The van der Waals surface area contributed by atoms with E-state index < -0.39 is 10.0 Å². The molecule has 0 aliphatic rings. The number of sulfonamides is 1. The van der Waals surface area contributed by atoms with Crippen molar-refractivity contribution in [1.82, 2.24) is 4.31 Å². The lowest BCUT2D eigenvalue weighted by Crippen LogP contribution is -2.39. The highest BCUT2D eigenvalue weighted by Gasteiger charge is 2.22. The lowest BCUT2D eigenvalue weighted by Gasteiger charge is -2.23. The van der Waals surface area contributed by atoms with E-state index in [1.54, 1.807) is 0 Å². The number of oxime groups is 1. The van der Waals surface area contributed by atoms with Crippen LogP contribution in [0.3, 0.4) is 0 Å². The van der Waals surface area contributed by atoms with Crippen molar-refractivity contribution in [2.24, 2.45) is 16.8 Å². The third-order valence-electron chi connectivity index (χ3n) is 2.25. The van der Waals surface area contributed by atoms with Gasteiger partial charge in [-0.3, -0.25) is 0 Å². The molecule has 0 saturated heterocycles. The highest BCUT2D eigenvalue weighted by molar-refractivity contribution is 7.89. The minimum atomic E-state index is -3.37. The minimum Gasteiger partial charge on any atom is -0.409 e. The first-order chi connectivity index (χ1) is 8.33. The summed E-state index contributed by atoms with van der Waals surface area (Å²) in [5.74, 6) is 0.159. The number of nitrogens with zero attached hydrogens (tertiary/aromatic N) is 2. The van der Waals surface area contributed by atoms with Crippen LogP contribution in [0.2, 0.25) is 0 Å². The fourth-order valence-corrected chi connectivity index (χ4v) is 2.89. The molecule has 0 aromatic heterocycles. The SMILES string of the molecule is COCCS(=O)(=O)N(CCC(N)=NO)CC(C)C. The highest BCUT2D eigenvalue weighted by Crippen LogP contribution is 2.07. The Labute approximate surface area is 109 Å². The molecule has 0 amide bonds. The first kappa shape index (κ1) is 17.1. The van der Waals surface area contributed by atoms with E-state index in [2.05, 4.69) is 5.16 Å². The van der Waals surface area contributed by atoms with Gasteiger partial charge in [-0.25, -0.2) is 12.7 Å².